The van der Waals surface area contributed by atoms with Gasteiger partial charge in [0.15, 0.2) is 5.78 Å². The Morgan fingerprint density at radius 1 is 1.05 bits per heavy atom. The molecule has 1 amide bonds. The summed E-state index contributed by atoms with van der Waals surface area (Å²) in [6.45, 7) is 10.8. The van der Waals surface area contributed by atoms with E-state index in [0.717, 1.165) is 38.5 Å². The van der Waals surface area contributed by atoms with Crippen LogP contribution in [-0.4, -0.2) is 24.3 Å². The number of unbranched alkanes of at least 4 members (excludes halogenated alkanes) is 3. The second-order valence-corrected chi connectivity index (χ2v) is 7.35. The zero-order valence-corrected chi connectivity index (χ0v) is 15.2. The Balaban J connectivity index is 4.55. The van der Waals surface area contributed by atoms with E-state index in [4.69, 9.17) is 5.73 Å². The number of carbonyl (C=O) groups is 2. The van der Waals surface area contributed by atoms with Gasteiger partial charge >= 0.3 is 0 Å². The molecule has 0 aromatic rings. The summed E-state index contributed by atoms with van der Waals surface area (Å²) in [7, 11) is 0. The molecule has 0 aliphatic carbocycles. The fourth-order valence-corrected chi connectivity index (χ4v) is 2.36. The van der Waals surface area contributed by atoms with Gasteiger partial charge in [0.2, 0.25) is 5.91 Å². The number of nitrogens with one attached hydrogen (secondary N) is 1. The van der Waals surface area contributed by atoms with Crippen molar-refractivity contribution in [1.82, 2.24) is 5.32 Å². The Hall–Kier alpha value is -0.900. The summed E-state index contributed by atoms with van der Waals surface area (Å²) in [4.78, 5) is 24.7. The molecule has 0 bridgehead atoms. The first-order chi connectivity index (χ1) is 10.2. The molecule has 130 valence electrons. The number of hydrogen-bond donors (Lipinski definition) is 2. The van der Waals surface area contributed by atoms with Crippen molar-refractivity contribution in [2.75, 3.05) is 6.54 Å². The van der Waals surface area contributed by atoms with E-state index in [2.05, 4.69) is 19.2 Å². The van der Waals surface area contributed by atoms with E-state index in [0.29, 0.717) is 6.54 Å². The van der Waals surface area contributed by atoms with Crippen LogP contribution in [0.2, 0.25) is 0 Å². The lowest BCUT2D eigenvalue weighted by Crippen LogP contribution is -2.44. The molecule has 0 spiro atoms. The smallest absolute Gasteiger partial charge is 0.223 e. The van der Waals surface area contributed by atoms with Crippen molar-refractivity contribution in [2.24, 2.45) is 17.1 Å². The molecule has 0 aliphatic rings. The third-order valence-electron chi connectivity index (χ3n) is 4.08. The molecule has 0 radical (unpaired) electrons. The number of carbonyl (C=O) groups excluding carboxylic acids is 2. The highest BCUT2D eigenvalue weighted by Gasteiger charge is 2.30. The van der Waals surface area contributed by atoms with Crippen LogP contribution in [0.25, 0.3) is 0 Å². The van der Waals surface area contributed by atoms with Crippen molar-refractivity contribution < 1.29 is 9.59 Å². The molecule has 0 unspecified atom stereocenters. The van der Waals surface area contributed by atoms with Crippen LogP contribution in [0.5, 0.6) is 0 Å². The van der Waals surface area contributed by atoms with Crippen LogP contribution < -0.4 is 11.1 Å². The highest BCUT2D eigenvalue weighted by molar-refractivity contribution is 5.90. The lowest BCUT2D eigenvalue weighted by atomic mass is 9.81. The molecule has 2 atom stereocenters. The number of amides is 1. The molecule has 0 aromatic heterocycles. The van der Waals surface area contributed by atoms with Gasteiger partial charge in [-0.1, -0.05) is 60.3 Å². The second-order valence-electron chi connectivity index (χ2n) is 7.35. The van der Waals surface area contributed by atoms with Crippen LogP contribution >= 0.6 is 0 Å². The second kappa shape index (κ2) is 10.8. The number of Topliss-reactive ketones (excluding diaryl/α,β-unsaturated/α-hetero) is 1. The van der Waals surface area contributed by atoms with Gasteiger partial charge in [-0.3, -0.25) is 9.59 Å². The van der Waals surface area contributed by atoms with E-state index >= 15 is 0 Å². The topological polar surface area (TPSA) is 72.2 Å². The van der Waals surface area contributed by atoms with Gasteiger partial charge in [-0.05, 0) is 18.3 Å². The number of ketones is 1. The fraction of sp³-hybridized carbons (Fsp3) is 0.889. The fourth-order valence-electron chi connectivity index (χ4n) is 2.36. The number of nitrogens with two attached hydrogens (primary N) is 1. The Labute approximate surface area is 136 Å². The van der Waals surface area contributed by atoms with Crippen LogP contribution in [0.3, 0.4) is 0 Å². The minimum Gasteiger partial charge on any atom is -0.356 e. The highest BCUT2D eigenvalue weighted by Crippen LogP contribution is 2.22. The van der Waals surface area contributed by atoms with Crippen LogP contribution in [0.1, 0.15) is 79.6 Å². The molecule has 0 saturated heterocycles. The van der Waals surface area contributed by atoms with Crippen LogP contribution in [0, 0.1) is 11.3 Å². The average molecular weight is 312 g/mol. The first-order valence-electron chi connectivity index (χ1n) is 8.80. The quantitative estimate of drug-likeness (QED) is 0.574. The zero-order valence-electron chi connectivity index (χ0n) is 15.2. The molecule has 0 saturated carbocycles. The molecule has 22 heavy (non-hydrogen) atoms. The summed E-state index contributed by atoms with van der Waals surface area (Å²) in [6.07, 6.45) is 6.26. The van der Waals surface area contributed by atoms with Gasteiger partial charge in [0.25, 0.3) is 0 Å². The maximum Gasteiger partial charge on any atom is 0.223 e. The van der Waals surface area contributed by atoms with Gasteiger partial charge in [-0.25, -0.2) is 0 Å². The average Bonchev–Trinajstić information content (AvgIpc) is 2.45. The van der Waals surface area contributed by atoms with Crippen molar-refractivity contribution in [3.05, 3.63) is 0 Å². The summed E-state index contributed by atoms with van der Waals surface area (Å²) in [5, 5.41) is 2.98. The molecule has 3 N–H and O–H groups in total. The minimum absolute atomic E-state index is 0.00249. The molecule has 4 heteroatoms. The summed E-state index contributed by atoms with van der Waals surface area (Å²) >= 11 is 0. The van der Waals surface area contributed by atoms with E-state index in [9.17, 15) is 9.59 Å². The van der Waals surface area contributed by atoms with E-state index in [-0.39, 0.29) is 29.4 Å². The Kier molecular flexibility index (Phi) is 10.3. The molecule has 0 fully saturated rings. The lowest BCUT2D eigenvalue weighted by molar-refractivity contribution is -0.131. The van der Waals surface area contributed by atoms with Gasteiger partial charge in [-0.2, -0.15) is 0 Å². The van der Waals surface area contributed by atoms with Crippen molar-refractivity contribution in [3.63, 3.8) is 0 Å². The number of rotatable bonds is 11. The van der Waals surface area contributed by atoms with Crippen molar-refractivity contribution >= 4 is 11.7 Å². The van der Waals surface area contributed by atoms with Crippen molar-refractivity contribution in [2.45, 2.75) is 85.6 Å². The molecular formula is C18H36N2O2. The van der Waals surface area contributed by atoms with E-state index in [1.54, 1.807) is 0 Å². The van der Waals surface area contributed by atoms with Crippen LogP contribution in [0.4, 0.5) is 0 Å². The van der Waals surface area contributed by atoms with Crippen LogP contribution in [0.15, 0.2) is 0 Å². The van der Waals surface area contributed by atoms with Gasteiger partial charge in [-0.15, -0.1) is 0 Å². The standard InChI is InChI=1S/C18H36N2O2/c1-6-8-10-12-20-17(22)14(11-9-7-2)13-15(21)16(19)18(3,4)5/h14,16H,6-13,19H2,1-5H3,(H,20,22)/t14-,16-/m1/s1. The van der Waals surface area contributed by atoms with Gasteiger partial charge < -0.3 is 11.1 Å². The Morgan fingerprint density at radius 2 is 1.64 bits per heavy atom. The SMILES string of the molecule is CCCCCNC(=O)[C@H](CCCC)CC(=O)[C@@H](N)C(C)(C)C. The van der Waals surface area contributed by atoms with Gasteiger partial charge in [0.05, 0.1) is 6.04 Å². The predicted octanol–water partition coefficient (Wildman–Crippen LogP) is 3.43. The van der Waals surface area contributed by atoms with E-state index in [1.807, 2.05) is 20.8 Å². The molecule has 0 heterocycles. The Bertz CT molecular complexity index is 334. The van der Waals surface area contributed by atoms with E-state index in [1.165, 1.54) is 0 Å². The largest absolute Gasteiger partial charge is 0.356 e. The molecule has 0 rings (SSSR count). The third kappa shape index (κ3) is 8.52. The van der Waals surface area contributed by atoms with Crippen LogP contribution in [-0.2, 0) is 9.59 Å². The zero-order chi connectivity index (χ0) is 17.2. The van der Waals surface area contributed by atoms with Crippen molar-refractivity contribution in [1.29, 1.82) is 0 Å². The summed E-state index contributed by atoms with van der Waals surface area (Å²) in [5.41, 5.74) is 5.77. The predicted molar refractivity (Wildman–Crippen MR) is 92.6 cm³/mol. The number of hydrogen-bond acceptors (Lipinski definition) is 3. The maximum atomic E-state index is 12.3. The molecule has 0 aliphatic heterocycles. The summed E-state index contributed by atoms with van der Waals surface area (Å²) < 4.78 is 0. The summed E-state index contributed by atoms with van der Waals surface area (Å²) in [5.74, 6) is -0.223. The first-order valence-corrected chi connectivity index (χ1v) is 8.80. The highest BCUT2D eigenvalue weighted by atomic mass is 16.2. The molecule has 0 aromatic carbocycles. The monoisotopic (exact) mass is 312 g/mol. The molecular weight excluding hydrogens is 276 g/mol. The Morgan fingerprint density at radius 3 is 2.14 bits per heavy atom. The van der Waals surface area contributed by atoms with Crippen molar-refractivity contribution in [3.8, 4) is 0 Å². The minimum atomic E-state index is -0.510. The normalized spacial score (nSPS) is 14.5. The first kappa shape index (κ1) is 21.1. The van der Waals surface area contributed by atoms with Gasteiger partial charge in [0, 0.05) is 18.9 Å². The lowest BCUT2D eigenvalue weighted by Gasteiger charge is -2.27. The van der Waals surface area contributed by atoms with E-state index < -0.39 is 6.04 Å². The van der Waals surface area contributed by atoms with Gasteiger partial charge in [0.1, 0.15) is 0 Å². The maximum absolute atomic E-state index is 12.3. The third-order valence-corrected chi connectivity index (χ3v) is 4.08. The summed E-state index contributed by atoms with van der Waals surface area (Å²) in [6, 6.07) is -0.510. The molecule has 4 nitrogen and oxygen atoms in total.